The molecule has 138 valence electrons. The van der Waals surface area contributed by atoms with Crippen LogP contribution in [-0.4, -0.2) is 42.1 Å². The predicted molar refractivity (Wildman–Crippen MR) is 104 cm³/mol. The summed E-state index contributed by atoms with van der Waals surface area (Å²) >= 11 is 6.20. The first-order chi connectivity index (χ1) is 13.1. The standard InChI is InChI=1S/C21H18ClFN2O2/c1-13-19(21(26)25-8-10-27-11-9-25)20(15-4-2-3-5-17(15)23)16-12-14(22)6-7-18(16)24-13/h2-7,12H,8-11H2,1H3. The topological polar surface area (TPSA) is 42.4 Å². The number of pyridine rings is 1. The van der Waals surface area contributed by atoms with Gasteiger partial charge in [0.1, 0.15) is 5.82 Å². The second kappa shape index (κ2) is 7.25. The highest BCUT2D eigenvalue weighted by Gasteiger charge is 2.27. The van der Waals surface area contributed by atoms with Crippen molar-refractivity contribution < 1.29 is 13.9 Å². The molecule has 1 aliphatic heterocycles. The number of amides is 1. The summed E-state index contributed by atoms with van der Waals surface area (Å²) in [6.07, 6.45) is 0. The van der Waals surface area contributed by atoms with E-state index in [-0.39, 0.29) is 11.7 Å². The number of aryl methyl sites for hydroxylation is 1. The van der Waals surface area contributed by atoms with E-state index in [1.807, 2.05) is 0 Å². The lowest BCUT2D eigenvalue weighted by Crippen LogP contribution is -2.41. The van der Waals surface area contributed by atoms with Crippen molar-refractivity contribution >= 4 is 28.4 Å². The highest BCUT2D eigenvalue weighted by atomic mass is 35.5. The molecule has 1 aliphatic rings. The van der Waals surface area contributed by atoms with Crippen LogP contribution >= 0.6 is 11.6 Å². The van der Waals surface area contributed by atoms with Crippen LogP contribution in [0.25, 0.3) is 22.0 Å². The molecule has 3 aromatic rings. The van der Waals surface area contributed by atoms with Crippen molar-refractivity contribution in [3.05, 3.63) is 64.6 Å². The number of nitrogens with zero attached hydrogens (tertiary/aromatic N) is 2. The molecule has 0 saturated carbocycles. The van der Waals surface area contributed by atoms with E-state index in [0.29, 0.717) is 64.6 Å². The van der Waals surface area contributed by atoms with Crippen molar-refractivity contribution in [3.63, 3.8) is 0 Å². The molecule has 1 saturated heterocycles. The minimum atomic E-state index is -0.389. The minimum Gasteiger partial charge on any atom is -0.378 e. The molecule has 0 spiro atoms. The molecule has 0 unspecified atom stereocenters. The maximum Gasteiger partial charge on any atom is 0.256 e. The maximum atomic E-state index is 14.7. The first-order valence-electron chi connectivity index (χ1n) is 8.78. The van der Waals surface area contributed by atoms with Gasteiger partial charge in [-0.3, -0.25) is 9.78 Å². The van der Waals surface area contributed by atoms with Gasteiger partial charge >= 0.3 is 0 Å². The average molecular weight is 385 g/mol. The van der Waals surface area contributed by atoms with Crippen molar-refractivity contribution in [2.75, 3.05) is 26.3 Å². The summed E-state index contributed by atoms with van der Waals surface area (Å²) in [6.45, 7) is 3.77. The lowest BCUT2D eigenvalue weighted by molar-refractivity contribution is 0.0302. The van der Waals surface area contributed by atoms with Crippen LogP contribution in [0.15, 0.2) is 42.5 Å². The summed E-state index contributed by atoms with van der Waals surface area (Å²) in [7, 11) is 0. The molecule has 1 fully saturated rings. The van der Waals surface area contributed by atoms with E-state index in [4.69, 9.17) is 16.3 Å². The number of rotatable bonds is 2. The quantitative estimate of drug-likeness (QED) is 0.654. The number of morpholine rings is 1. The third-order valence-electron chi connectivity index (χ3n) is 4.78. The third kappa shape index (κ3) is 3.29. The van der Waals surface area contributed by atoms with E-state index in [1.54, 1.807) is 48.2 Å². The summed E-state index contributed by atoms with van der Waals surface area (Å²) in [6, 6.07) is 11.7. The fourth-order valence-electron chi connectivity index (χ4n) is 3.49. The summed E-state index contributed by atoms with van der Waals surface area (Å²) in [5, 5.41) is 1.17. The van der Waals surface area contributed by atoms with Crippen LogP contribution in [-0.2, 0) is 4.74 Å². The van der Waals surface area contributed by atoms with Gasteiger partial charge in [0.25, 0.3) is 5.91 Å². The van der Waals surface area contributed by atoms with E-state index in [1.165, 1.54) is 6.07 Å². The van der Waals surface area contributed by atoms with Gasteiger partial charge in [0, 0.05) is 34.6 Å². The van der Waals surface area contributed by atoms with Gasteiger partial charge in [-0.1, -0.05) is 29.8 Å². The molecule has 1 amide bonds. The zero-order valence-corrected chi connectivity index (χ0v) is 15.6. The van der Waals surface area contributed by atoms with E-state index in [2.05, 4.69) is 4.98 Å². The Morgan fingerprint density at radius 1 is 1.19 bits per heavy atom. The number of benzene rings is 2. The van der Waals surface area contributed by atoms with Crippen LogP contribution in [0.2, 0.25) is 5.02 Å². The van der Waals surface area contributed by atoms with Crippen molar-refractivity contribution in [3.8, 4) is 11.1 Å². The highest BCUT2D eigenvalue weighted by Crippen LogP contribution is 2.36. The number of ether oxygens (including phenoxy) is 1. The Morgan fingerprint density at radius 3 is 2.67 bits per heavy atom. The van der Waals surface area contributed by atoms with Gasteiger partial charge in [-0.2, -0.15) is 0 Å². The summed E-state index contributed by atoms with van der Waals surface area (Å²) < 4.78 is 20.1. The average Bonchev–Trinajstić information content (AvgIpc) is 2.68. The summed E-state index contributed by atoms with van der Waals surface area (Å²) in [5.41, 5.74) is 2.56. The largest absolute Gasteiger partial charge is 0.378 e. The van der Waals surface area contributed by atoms with Crippen molar-refractivity contribution in [1.29, 1.82) is 0 Å². The molecular formula is C21H18ClFN2O2. The van der Waals surface area contributed by atoms with Crippen molar-refractivity contribution in [2.45, 2.75) is 6.92 Å². The van der Waals surface area contributed by atoms with E-state index in [0.717, 1.165) is 0 Å². The number of halogens is 2. The summed E-state index contributed by atoms with van der Waals surface area (Å²) in [5.74, 6) is -0.552. The Bertz CT molecular complexity index is 1030. The molecular weight excluding hydrogens is 367 g/mol. The Morgan fingerprint density at radius 2 is 1.93 bits per heavy atom. The fraction of sp³-hybridized carbons (Fsp3) is 0.238. The normalized spacial score (nSPS) is 14.6. The molecule has 6 heteroatoms. The van der Waals surface area contributed by atoms with Gasteiger partial charge in [-0.25, -0.2) is 4.39 Å². The molecule has 0 N–H and O–H groups in total. The first-order valence-corrected chi connectivity index (χ1v) is 9.16. The van der Waals surface area contributed by atoms with Gasteiger partial charge in [0.15, 0.2) is 0 Å². The number of aromatic nitrogens is 1. The lowest BCUT2D eigenvalue weighted by atomic mass is 9.93. The fourth-order valence-corrected chi connectivity index (χ4v) is 3.66. The third-order valence-corrected chi connectivity index (χ3v) is 5.02. The first kappa shape index (κ1) is 17.9. The van der Waals surface area contributed by atoms with E-state index in [9.17, 15) is 9.18 Å². The zero-order valence-electron chi connectivity index (χ0n) is 14.8. The second-order valence-electron chi connectivity index (χ2n) is 6.49. The molecule has 0 aliphatic carbocycles. The molecule has 2 aromatic carbocycles. The molecule has 0 bridgehead atoms. The molecule has 2 heterocycles. The predicted octanol–water partition coefficient (Wildman–Crippen LogP) is 4.48. The number of hydrogen-bond acceptors (Lipinski definition) is 3. The molecule has 1 aromatic heterocycles. The highest BCUT2D eigenvalue weighted by molar-refractivity contribution is 6.31. The van der Waals surface area contributed by atoms with Gasteiger partial charge in [0.05, 0.1) is 30.0 Å². The molecule has 0 atom stereocenters. The SMILES string of the molecule is Cc1nc2ccc(Cl)cc2c(-c2ccccc2F)c1C(=O)N1CCOCC1. The van der Waals surface area contributed by atoms with Crippen LogP contribution in [0.3, 0.4) is 0 Å². The Hall–Kier alpha value is -2.50. The van der Waals surface area contributed by atoms with Crippen LogP contribution in [0, 0.1) is 12.7 Å². The smallest absolute Gasteiger partial charge is 0.256 e. The van der Waals surface area contributed by atoms with Gasteiger partial charge in [0.2, 0.25) is 0 Å². The monoisotopic (exact) mass is 384 g/mol. The minimum absolute atomic E-state index is 0.163. The van der Waals surface area contributed by atoms with Crippen molar-refractivity contribution in [2.24, 2.45) is 0 Å². The van der Waals surface area contributed by atoms with Gasteiger partial charge in [-0.05, 0) is 31.2 Å². The lowest BCUT2D eigenvalue weighted by Gasteiger charge is -2.28. The Balaban J connectivity index is 2.02. The van der Waals surface area contributed by atoms with Crippen LogP contribution < -0.4 is 0 Å². The van der Waals surface area contributed by atoms with Gasteiger partial charge in [-0.15, -0.1) is 0 Å². The van der Waals surface area contributed by atoms with E-state index < -0.39 is 0 Å². The Labute approximate surface area is 161 Å². The van der Waals surface area contributed by atoms with Crippen LogP contribution in [0.5, 0.6) is 0 Å². The van der Waals surface area contributed by atoms with Gasteiger partial charge < -0.3 is 9.64 Å². The molecule has 4 rings (SSSR count). The molecule has 0 radical (unpaired) electrons. The van der Waals surface area contributed by atoms with E-state index >= 15 is 0 Å². The number of carbonyl (C=O) groups excluding carboxylic acids is 1. The number of hydrogen-bond donors (Lipinski definition) is 0. The van der Waals surface area contributed by atoms with Crippen LogP contribution in [0.1, 0.15) is 16.1 Å². The summed E-state index contributed by atoms with van der Waals surface area (Å²) in [4.78, 5) is 19.6. The van der Waals surface area contributed by atoms with Crippen molar-refractivity contribution in [1.82, 2.24) is 9.88 Å². The second-order valence-corrected chi connectivity index (χ2v) is 6.93. The Kier molecular flexibility index (Phi) is 4.81. The molecule has 4 nitrogen and oxygen atoms in total. The number of carbonyl (C=O) groups is 1. The number of fused-ring (bicyclic) bond motifs is 1. The zero-order chi connectivity index (χ0) is 19.0. The van der Waals surface area contributed by atoms with Crippen LogP contribution in [0.4, 0.5) is 4.39 Å². The molecule has 27 heavy (non-hydrogen) atoms. The maximum absolute atomic E-state index is 14.7.